The SMILES string of the molecule is Cc1cccc2c(=O)n(CCCC(=O)N3CCc4sccc4C3)cnc12. The van der Waals surface area contributed by atoms with E-state index in [1.807, 2.05) is 30.0 Å². The van der Waals surface area contributed by atoms with Crippen LogP contribution in [0, 0.1) is 6.92 Å². The number of carbonyl (C=O) groups excluding carboxylic acids is 1. The van der Waals surface area contributed by atoms with Gasteiger partial charge in [0.25, 0.3) is 5.56 Å². The van der Waals surface area contributed by atoms with Crippen molar-refractivity contribution >= 4 is 28.1 Å². The Morgan fingerprint density at radius 3 is 3.08 bits per heavy atom. The first-order valence-electron chi connectivity index (χ1n) is 8.91. The Labute approximate surface area is 155 Å². The van der Waals surface area contributed by atoms with Crippen molar-refractivity contribution < 1.29 is 4.79 Å². The molecule has 134 valence electrons. The van der Waals surface area contributed by atoms with E-state index < -0.39 is 0 Å². The molecule has 1 amide bonds. The molecule has 0 radical (unpaired) electrons. The molecule has 2 aromatic heterocycles. The van der Waals surface area contributed by atoms with E-state index in [1.165, 1.54) is 10.4 Å². The summed E-state index contributed by atoms with van der Waals surface area (Å²) in [5.41, 5.74) is 3.00. The number of hydrogen-bond acceptors (Lipinski definition) is 4. The molecule has 4 rings (SSSR count). The molecule has 1 aliphatic heterocycles. The molecule has 26 heavy (non-hydrogen) atoms. The van der Waals surface area contributed by atoms with Gasteiger partial charge in [0, 0.05) is 30.9 Å². The number of amides is 1. The van der Waals surface area contributed by atoms with Crippen LogP contribution in [0.1, 0.15) is 28.8 Å². The summed E-state index contributed by atoms with van der Waals surface area (Å²) in [5.74, 6) is 0.166. The topological polar surface area (TPSA) is 55.2 Å². The van der Waals surface area contributed by atoms with Gasteiger partial charge in [-0.2, -0.15) is 0 Å². The predicted octanol–water partition coefficient (Wildman–Crippen LogP) is 3.13. The van der Waals surface area contributed by atoms with E-state index in [9.17, 15) is 9.59 Å². The van der Waals surface area contributed by atoms with Gasteiger partial charge in [0.1, 0.15) is 0 Å². The number of benzene rings is 1. The van der Waals surface area contributed by atoms with Crippen LogP contribution in [-0.4, -0.2) is 26.9 Å². The highest BCUT2D eigenvalue weighted by Gasteiger charge is 2.21. The van der Waals surface area contributed by atoms with Gasteiger partial charge in [0.15, 0.2) is 0 Å². The lowest BCUT2D eigenvalue weighted by atomic mass is 10.1. The molecule has 0 bridgehead atoms. The summed E-state index contributed by atoms with van der Waals surface area (Å²) < 4.78 is 1.61. The predicted molar refractivity (Wildman–Crippen MR) is 103 cm³/mol. The molecular formula is C20H21N3O2S. The zero-order valence-corrected chi connectivity index (χ0v) is 15.6. The third kappa shape index (κ3) is 3.17. The molecule has 3 heterocycles. The average Bonchev–Trinajstić information content (AvgIpc) is 3.12. The Balaban J connectivity index is 1.39. The van der Waals surface area contributed by atoms with Crippen molar-refractivity contribution in [2.24, 2.45) is 0 Å². The lowest BCUT2D eigenvalue weighted by Crippen LogP contribution is -2.35. The van der Waals surface area contributed by atoms with Gasteiger partial charge in [-0.15, -0.1) is 11.3 Å². The third-order valence-corrected chi connectivity index (χ3v) is 6.03. The highest BCUT2D eigenvalue weighted by Crippen LogP contribution is 2.24. The number of thiophene rings is 1. The maximum atomic E-state index is 12.6. The fraction of sp³-hybridized carbons (Fsp3) is 0.350. The molecule has 0 spiro atoms. The number of aromatic nitrogens is 2. The van der Waals surface area contributed by atoms with Gasteiger partial charge in [0.2, 0.25) is 5.91 Å². The molecule has 6 heteroatoms. The van der Waals surface area contributed by atoms with Crippen LogP contribution in [0.25, 0.3) is 10.9 Å². The summed E-state index contributed by atoms with van der Waals surface area (Å²) in [6, 6.07) is 7.76. The van der Waals surface area contributed by atoms with Gasteiger partial charge < -0.3 is 4.90 Å². The number of aryl methyl sites for hydroxylation is 2. The second-order valence-corrected chi connectivity index (χ2v) is 7.75. The maximum absolute atomic E-state index is 12.6. The zero-order chi connectivity index (χ0) is 18.1. The minimum Gasteiger partial charge on any atom is -0.338 e. The summed E-state index contributed by atoms with van der Waals surface area (Å²) in [7, 11) is 0. The highest BCUT2D eigenvalue weighted by molar-refractivity contribution is 7.10. The van der Waals surface area contributed by atoms with Crippen molar-refractivity contribution in [3.8, 4) is 0 Å². The molecule has 5 nitrogen and oxygen atoms in total. The minimum atomic E-state index is -0.0352. The van der Waals surface area contributed by atoms with Crippen molar-refractivity contribution in [1.29, 1.82) is 0 Å². The normalized spacial score (nSPS) is 13.8. The minimum absolute atomic E-state index is 0.0352. The Morgan fingerprint density at radius 2 is 2.19 bits per heavy atom. The molecule has 0 atom stereocenters. The molecule has 3 aromatic rings. The second kappa shape index (κ2) is 7.03. The summed E-state index contributed by atoms with van der Waals surface area (Å²) >= 11 is 1.77. The second-order valence-electron chi connectivity index (χ2n) is 6.75. The zero-order valence-electron chi connectivity index (χ0n) is 14.8. The van der Waals surface area contributed by atoms with E-state index in [0.717, 1.165) is 24.0 Å². The summed E-state index contributed by atoms with van der Waals surface area (Å²) in [6.45, 7) is 3.98. The third-order valence-electron chi connectivity index (χ3n) is 5.01. The molecular weight excluding hydrogens is 346 g/mol. The number of fused-ring (bicyclic) bond motifs is 2. The molecule has 1 aromatic carbocycles. The summed E-state index contributed by atoms with van der Waals surface area (Å²) in [5, 5.41) is 2.74. The number of rotatable bonds is 4. The van der Waals surface area contributed by atoms with E-state index >= 15 is 0 Å². The smallest absolute Gasteiger partial charge is 0.261 e. The van der Waals surface area contributed by atoms with Crippen molar-refractivity contribution in [3.63, 3.8) is 0 Å². The number of nitrogens with zero attached hydrogens (tertiary/aromatic N) is 3. The van der Waals surface area contributed by atoms with Crippen molar-refractivity contribution in [2.45, 2.75) is 39.3 Å². The largest absolute Gasteiger partial charge is 0.338 e. The van der Waals surface area contributed by atoms with Gasteiger partial charge in [-0.1, -0.05) is 12.1 Å². The van der Waals surface area contributed by atoms with Crippen LogP contribution in [0.5, 0.6) is 0 Å². The van der Waals surface area contributed by atoms with Crippen LogP contribution < -0.4 is 5.56 Å². The molecule has 0 saturated heterocycles. The molecule has 0 saturated carbocycles. The average molecular weight is 367 g/mol. The molecule has 0 fully saturated rings. The van der Waals surface area contributed by atoms with Crippen LogP contribution in [0.2, 0.25) is 0 Å². The van der Waals surface area contributed by atoms with Gasteiger partial charge in [-0.3, -0.25) is 14.2 Å². The molecule has 0 N–H and O–H groups in total. The lowest BCUT2D eigenvalue weighted by molar-refractivity contribution is -0.132. The molecule has 0 aliphatic carbocycles. The number of para-hydroxylation sites is 1. The van der Waals surface area contributed by atoms with Gasteiger partial charge in [-0.05, 0) is 48.4 Å². The number of hydrogen-bond donors (Lipinski definition) is 0. The highest BCUT2D eigenvalue weighted by atomic mass is 32.1. The van der Waals surface area contributed by atoms with Crippen molar-refractivity contribution in [1.82, 2.24) is 14.5 Å². The molecule has 1 aliphatic rings. The Bertz CT molecular complexity index is 1020. The van der Waals surface area contributed by atoms with Crippen molar-refractivity contribution in [3.05, 3.63) is 62.3 Å². The van der Waals surface area contributed by atoms with Gasteiger partial charge in [-0.25, -0.2) is 4.98 Å². The van der Waals surface area contributed by atoms with Crippen LogP contribution in [0.3, 0.4) is 0 Å². The van der Waals surface area contributed by atoms with E-state index in [1.54, 1.807) is 22.2 Å². The fourth-order valence-electron chi connectivity index (χ4n) is 3.52. The summed E-state index contributed by atoms with van der Waals surface area (Å²) in [6.07, 6.45) is 3.65. The summed E-state index contributed by atoms with van der Waals surface area (Å²) in [4.78, 5) is 32.8. The van der Waals surface area contributed by atoms with Crippen LogP contribution in [0.4, 0.5) is 0 Å². The maximum Gasteiger partial charge on any atom is 0.261 e. The Kier molecular flexibility index (Phi) is 4.59. The quantitative estimate of drug-likeness (QED) is 0.712. The van der Waals surface area contributed by atoms with E-state index in [0.29, 0.717) is 31.3 Å². The van der Waals surface area contributed by atoms with E-state index in [-0.39, 0.29) is 11.5 Å². The van der Waals surface area contributed by atoms with Crippen LogP contribution in [-0.2, 0) is 24.3 Å². The van der Waals surface area contributed by atoms with E-state index in [4.69, 9.17) is 0 Å². The first-order valence-corrected chi connectivity index (χ1v) is 9.79. The fourth-order valence-corrected chi connectivity index (χ4v) is 4.41. The van der Waals surface area contributed by atoms with Gasteiger partial charge >= 0.3 is 0 Å². The van der Waals surface area contributed by atoms with Crippen LogP contribution >= 0.6 is 11.3 Å². The van der Waals surface area contributed by atoms with E-state index in [2.05, 4.69) is 16.4 Å². The first kappa shape index (κ1) is 17.0. The Morgan fingerprint density at radius 1 is 1.31 bits per heavy atom. The molecule has 0 unspecified atom stereocenters. The number of carbonyl (C=O) groups is 1. The standard InChI is InChI=1S/C20H21N3O2S/c1-14-4-2-5-16-19(14)21-13-23(20(16)25)9-3-6-18(24)22-10-7-17-15(12-22)8-11-26-17/h2,4-5,8,11,13H,3,6-7,9-10,12H2,1H3. The first-order chi connectivity index (χ1) is 12.6. The van der Waals surface area contributed by atoms with Crippen molar-refractivity contribution in [2.75, 3.05) is 6.54 Å². The Hall–Kier alpha value is -2.47. The lowest BCUT2D eigenvalue weighted by Gasteiger charge is -2.27. The van der Waals surface area contributed by atoms with Gasteiger partial charge in [0.05, 0.1) is 17.2 Å². The monoisotopic (exact) mass is 367 g/mol. The van der Waals surface area contributed by atoms with Crippen LogP contribution in [0.15, 0.2) is 40.8 Å².